The molecular formula is C11H16N2O2. The number of esters is 1. The number of hydrogen-bond acceptors (Lipinski definition) is 4. The Morgan fingerprint density at radius 1 is 1.40 bits per heavy atom. The Hall–Kier alpha value is -1.45. The Morgan fingerprint density at radius 2 is 2.07 bits per heavy atom. The summed E-state index contributed by atoms with van der Waals surface area (Å²) in [5.74, 6) is -0.305. The lowest BCUT2D eigenvalue weighted by atomic mass is 9.90. The molecule has 15 heavy (non-hydrogen) atoms. The second-order valence-electron chi connectivity index (χ2n) is 3.86. The zero-order valence-electron chi connectivity index (χ0n) is 9.57. The van der Waals surface area contributed by atoms with E-state index in [-0.39, 0.29) is 5.97 Å². The third kappa shape index (κ3) is 2.32. The van der Waals surface area contributed by atoms with Crippen LogP contribution in [0.2, 0.25) is 0 Å². The number of ether oxygens (including phenoxy) is 1. The lowest BCUT2D eigenvalue weighted by Gasteiger charge is -2.20. The number of carbonyl (C=O) groups is 1. The molecule has 0 fully saturated rings. The fourth-order valence-corrected chi connectivity index (χ4v) is 1.22. The van der Waals surface area contributed by atoms with Crippen molar-refractivity contribution in [3.8, 4) is 0 Å². The molecule has 0 amide bonds. The molecule has 0 spiro atoms. The maximum Gasteiger partial charge on any atom is 0.317 e. The van der Waals surface area contributed by atoms with Crippen LogP contribution in [0.4, 0.5) is 0 Å². The first-order chi connectivity index (χ1) is 7.02. The van der Waals surface area contributed by atoms with Gasteiger partial charge in [-0.15, -0.1) is 0 Å². The molecule has 0 radical (unpaired) electrons. The summed E-state index contributed by atoms with van der Waals surface area (Å²) in [5, 5.41) is 0. The van der Waals surface area contributed by atoms with Crippen LogP contribution in [0.15, 0.2) is 12.4 Å². The second kappa shape index (κ2) is 4.38. The lowest BCUT2D eigenvalue weighted by Crippen LogP contribution is -2.31. The first-order valence-corrected chi connectivity index (χ1v) is 4.92. The van der Waals surface area contributed by atoms with E-state index in [2.05, 4.69) is 9.97 Å². The van der Waals surface area contributed by atoms with E-state index in [1.165, 1.54) is 7.11 Å². The van der Waals surface area contributed by atoms with Gasteiger partial charge in [-0.25, -0.2) is 0 Å². The number of aromatic nitrogens is 2. The largest absolute Gasteiger partial charge is 0.468 e. The smallest absolute Gasteiger partial charge is 0.317 e. The molecule has 4 heteroatoms. The van der Waals surface area contributed by atoms with Crippen LogP contribution >= 0.6 is 0 Å². The highest BCUT2D eigenvalue weighted by Gasteiger charge is 2.32. The molecule has 1 aromatic heterocycles. The predicted molar refractivity (Wildman–Crippen MR) is 56.5 cm³/mol. The molecule has 1 rings (SSSR count). The van der Waals surface area contributed by atoms with Gasteiger partial charge < -0.3 is 4.74 Å². The second-order valence-corrected chi connectivity index (χ2v) is 3.86. The van der Waals surface area contributed by atoms with Gasteiger partial charge in [0.05, 0.1) is 18.5 Å². The van der Waals surface area contributed by atoms with Gasteiger partial charge in [0.1, 0.15) is 5.41 Å². The van der Waals surface area contributed by atoms with Crippen molar-refractivity contribution in [2.45, 2.75) is 32.6 Å². The van der Waals surface area contributed by atoms with Crippen molar-refractivity contribution in [2.24, 2.45) is 0 Å². The third-order valence-electron chi connectivity index (χ3n) is 2.40. The van der Waals surface area contributed by atoms with Crippen LogP contribution in [0.5, 0.6) is 0 Å². The van der Waals surface area contributed by atoms with Crippen molar-refractivity contribution < 1.29 is 9.53 Å². The van der Waals surface area contributed by atoms with Gasteiger partial charge in [-0.1, -0.05) is 6.92 Å². The van der Waals surface area contributed by atoms with Crippen LogP contribution < -0.4 is 0 Å². The van der Waals surface area contributed by atoms with Gasteiger partial charge >= 0.3 is 5.97 Å². The minimum atomic E-state index is -0.742. The first-order valence-electron chi connectivity index (χ1n) is 4.92. The number of methoxy groups -OCH3 is 1. The molecule has 0 atom stereocenters. The van der Waals surface area contributed by atoms with Gasteiger partial charge in [0.2, 0.25) is 0 Å². The highest BCUT2D eigenvalue weighted by atomic mass is 16.5. The summed E-state index contributed by atoms with van der Waals surface area (Å²) in [6, 6.07) is 0. The summed E-state index contributed by atoms with van der Waals surface area (Å²) in [6.07, 6.45) is 4.17. The van der Waals surface area contributed by atoms with E-state index in [1.807, 2.05) is 6.92 Å². The van der Waals surface area contributed by atoms with Crippen LogP contribution in [-0.4, -0.2) is 23.0 Å². The van der Waals surface area contributed by atoms with E-state index in [1.54, 1.807) is 26.2 Å². The summed E-state index contributed by atoms with van der Waals surface area (Å²) in [5.41, 5.74) is 0.805. The molecule has 0 aromatic carbocycles. The average molecular weight is 208 g/mol. The van der Waals surface area contributed by atoms with Gasteiger partial charge in [0.25, 0.3) is 0 Å². The summed E-state index contributed by atoms with van der Waals surface area (Å²) in [4.78, 5) is 19.9. The van der Waals surface area contributed by atoms with Crippen molar-refractivity contribution >= 4 is 5.97 Å². The lowest BCUT2D eigenvalue weighted by molar-refractivity contribution is -0.146. The number of aryl methyl sites for hydroxylation is 1. The Balaban J connectivity index is 3.00. The Morgan fingerprint density at radius 3 is 2.47 bits per heavy atom. The van der Waals surface area contributed by atoms with Gasteiger partial charge in [-0.2, -0.15) is 0 Å². The SMILES string of the molecule is CCc1cnc(C(C)(C)C(=O)OC)cn1. The van der Waals surface area contributed by atoms with Crippen molar-refractivity contribution in [2.75, 3.05) is 7.11 Å². The maximum absolute atomic E-state index is 11.5. The van der Waals surface area contributed by atoms with Gasteiger partial charge in [-0.05, 0) is 20.3 Å². The van der Waals surface area contributed by atoms with Gasteiger partial charge in [-0.3, -0.25) is 14.8 Å². The fraction of sp³-hybridized carbons (Fsp3) is 0.545. The van der Waals surface area contributed by atoms with Crippen molar-refractivity contribution in [1.29, 1.82) is 0 Å². The Kier molecular flexibility index (Phi) is 3.39. The van der Waals surface area contributed by atoms with E-state index < -0.39 is 5.41 Å². The quantitative estimate of drug-likeness (QED) is 0.706. The normalized spacial score (nSPS) is 11.2. The highest BCUT2D eigenvalue weighted by Crippen LogP contribution is 2.21. The van der Waals surface area contributed by atoms with Crippen molar-refractivity contribution in [3.05, 3.63) is 23.8 Å². The minimum absolute atomic E-state index is 0.305. The summed E-state index contributed by atoms with van der Waals surface area (Å²) in [6.45, 7) is 5.55. The van der Waals surface area contributed by atoms with Crippen molar-refractivity contribution in [3.63, 3.8) is 0 Å². The molecule has 0 aliphatic carbocycles. The Bertz CT molecular complexity index is 344. The standard InChI is InChI=1S/C11H16N2O2/c1-5-8-6-13-9(7-12-8)11(2,3)10(14)15-4/h6-7H,5H2,1-4H3. The summed E-state index contributed by atoms with van der Waals surface area (Å²) < 4.78 is 4.72. The minimum Gasteiger partial charge on any atom is -0.468 e. The van der Waals surface area contributed by atoms with Crippen LogP contribution in [0.3, 0.4) is 0 Å². The number of rotatable bonds is 3. The van der Waals surface area contributed by atoms with Crippen LogP contribution in [-0.2, 0) is 21.4 Å². The molecule has 1 aromatic rings. The molecule has 0 saturated carbocycles. The molecule has 0 aliphatic rings. The van der Waals surface area contributed by atoms with Crippen molar-refractivity contribution in [1.82, 2.24) is 9.97 Å². The van der Waals surface area contributed by atoms with Crippen LogP contribution in [0, 0.1) is 0 Å². The van der Waals surface area contributed by atoms with Crippen LogP contribution in [0.25, 0.3) is 0 Å². The van der Waals surface area contributed by atoms with E-state index in [9.17, 15) is 4.79 Å². The first kappa shape index (κ1) is 11.6. The topological polar surface area (TPSA) is 52.1 Å². The summed E-state index contributed by atoms with van der Waals surface area (Å²) >= 11 is 0. The molecule has 0 unspecified atom stereocenters. The van der Waals surface area contributed by atoms with E-state index >= 15 is 0 Å². The average Bonchev–Trinajstić information content (AvgIpc) is 2.28. The third-order valence-corrected chi connectivity index (χ3v) is 2.40. The van der Waals surface area contributed by atoms with Gasteiger partial charge in [0.15, 0.2) is 0 Å². The molecule has 4 nitrogen and oxygen atoms in total. The van der Waals surface area contributed by atoms with Gasteiger partial charge in [0, 0.05) is 12.4 Å². The zero-order chi connectivity index (χ0) is 11.5. The number of nitrogens with zero attached hydrogens (tertiary/aromatic N) is 2. The Labute approximate surface area is 89.7 Å². The molecule has 0 saturated heterocycles. The number of hydrogen-bond donors (Lipinski definition) is 0. The van der Waals surface area contributed by atoms with E-state index in [0.717, 1.165) is 12.1 Å². The predicted octanol–water partition coefficient (Wildman–Crippen LogP) is 1.49. The zero-order valence-corrected chi connectivity index (χ0v) is 9.57. The highest BCUT2D eigenvalue weighted by molar-refractivity contribution is 5.81. The molecule has 1 heterocycles. The fourth-order valence-electron chi connectivity index (χ4n) is 1.22. The number of carbonyl (C=O) groups excluding carboxylic acids is 1. The molecule has 0 bridgehead atoms. The summed E-state index contributed by atoms with van der Waals surface area (Å²) in [7, 11) is 1.37. The van der Waals surface area contributed by atoms with E-state index in [4.69, 9.17) is 4.74 Å². The maximum atomic E-state index is 11.5. The molecule has 0 aliphatic heterocycles. The van der Waals surface area contributed by atoms with Crippen LogP contribution in [0.1, 0.15) is 32.2 Å². The molecular weight excluding hydrogens is 192 g/mol. The monoisotopic (exact) mass is 208 g/mol. The molecule has 0 N–H and O–H groups in total. The molecule has 82 valence electrons. The van der Waals surface area contributed by atoms with E-state index in [0.29, 0.717) is 5.69 Å².